The molecule has 1 amide bonds. The van der Waals surface area contributed by atoms with Gasteiger partial charge in [-0.15, -0.1) is 0 Å². The molecule has 0 saturated carbocycles. The van der Waals surface area contributed by atoms with Gasteiger partial charge in [-0.1, -0.05) is 0 Å². The Morgan fingerprint density at radius 1 is 1.57 bits per heavy atom. The topological polar surface area (TPSA) is 60.2 Å². The highest BCUT2D eigenvalue weighted by atomic mass is 19.1. The van der Waals surface area contributed by atoms with Crippen molar-refractivity contribution in [1.82, 2.24) is 0 Å². The smallest absolute Gasteiger partial charge is 0.310 e. The first-order valence-corrected chi connectivity index (χ1v) is 1.59. The molecule has 0 fully saturated rings. The van der Waals surface area contributed by atoms with E-state index < -0.39 is 18.4 Å². The number of carbonyl (C=O) groups is 2. The van der Waals surface area contributed by atoms with Crippen molar-refractivity contribution in [1.29, 1.82) is 0 Å². The molecule has 0 aromatic rings. The van der Waals surface area contributed by atoms with Crippen LogP contribution in [0.1, 0.15) is 6.42 Å². The fourth-order valence-corrected chi connectivity index (χ4v) is 0.137. The third kappa shape index (κ3) is 5.07. The first-order chi connectivity index (χ1) is 3.13. The van der Waals surface area contributed by atoms with Crippen molar-refractivity contribution in [2.75, 3.05) is 0 Å². The van der Waals surface area contributed by atoms with Crippen molar-refractivity contribution in [3.63, 3.8) is 0 Å². The molecule has 0 rings (SSSR count). The maximum atomic E-state index is 11.0. The van der Waals surface area contributed by atoms with Crippen molar-refractivity contribution in [2.45, 2.75) is 6.42 Å². The van der Waals surface area contributed by atoms with Gasteiger partial charge in [0.2, 0.25) is 5.91 Å². The van der Waals surface area contributed by atoms with Gasteiger partial charge in [0, 0.05) is 0 Å². The van der Waals surface area contributed by atoms with Crippen LogP contribution in [0.3, 0.4) is 0 Å². The van der Waals surface area contributed by atoms with Crippen molar-refractivity contribution < 1.29 is 14.0 Å². The summed E-state index contributed by atoms with van der Waals surface area (Å²) in [4.78, 5) is 18.9. The standard InChI is InChI=1S/C3H4FNO2/c4-2(6)1-3(5)7/h1H2,(H2,5,7). The van der Waals surface area contributed by atoms with E-state index in [9.17, 15) is 14.0 Å². The van der Waals surface area contributed by atoms with Crippen LogP contribution in [-0.2, 0) is 9.59 Å². The molecular formula is C3H4FNO2. The largest absolute Gasteiger partial charge is 0.369 e. The van der Waals surface area contributed by atoms with Gasteiger partial charge in [0.05, 0.1) is 0 Å². The monoisotopic (exact) mass is 105 g/mol. The van der Waals surface area contributed by atoms with E-state index in [4.69, 9.17) is 0 Å². The van der Waals surface area contributed by atoms with Crippen molar-refractivity contribution in [2.24, 2.45) is 5.73 Å². The molecule has 0 aromatic carbocycles. The van der Waals surface area contributed by atoms with E-state index in [0.29, 0.717) is 0 Å². The van der Waals surface area contributed by atoms with Crippen LogP contribution < -0.4 is 5.73 Å². The first-order valence-electron chi connectivity index (χ1n) is 1.59. The lowest BCUT2D eigenvalue weighted by Gasteiger charge is -1.78. The Kier molecular flexibility index (Phi) is 1.98. The van der Waals surface area contributed by atoms with E-state index in [0.717, 1.165) is 0 Å². The maximum absolute atomic E-state index is 11.0. The molecule has 0 aliphatic carbocycles. The summed E-state index contributed by atoms with van der Waals surface area (Å²) in [5, 5.41) is 0. The Morgan fingerprint density at radius 3 is 2.00 bits per heavy atom. The highest BCUT2D eigenvalue weighted by molar-refractivity contribution is 5.92. The minimum absolute atomic E-state index is 0.806. The molecule has 2 N–H and O–H groups in total. The predicted molar refractivity (Wildman–Crippen MR) is 19.9 cm³/mol. The van der Waals surface area contributed by atoms with Gasteiger partial charge in [0.25, 0.3) is 0 Å². The molecule has 0 atom stereocenters. The van der Waals surface area contributed by atoms with Crippen LogP contribution in [0.4, 0.5) is 4.39 Å². The molecule has 0 aliphatic heterocycles. The highest BCUT2D eigenvalue weighted by Crippen LogP contribution is 1.78. The number of halogens is 1. The van der Waals surface area contributed by atoms with Crippen molar-refractivity contribution in [3.8, 4) is 0 Å². The zero-order chi connectivity index (χ0) is 5.86. The Morgan fingerprint density at radius 2 is 2.00 bits per heavy atom. The Balaban J connectivity index is 3.32. The molecule has 0 spiro atoms. The SMILES string of the molecule is NC(=O)CC(=O)F. The van der Waals surface area contributed by atoms with E-state index in [2.05, 4.69) is 5.73 Å². The van der Waals surface area contributed by atoms with E-state index in [1.54, 1.807) is 0 Å². The highest BCUT2D eigenvalue weighted by Gasteiger charge is 2.00. The van der Waals surface area contributed by atoms with Crippen LogP contribution in [0, 0.1) is 0 Å². The molecule has 40 valence electrons. The molecule has 0 saturated heterocycles. The second-order valence-corrected chi connectivity index (χ2v) is 0.998. The first kappa shape index (κ1) is 6.07. The van der Waals surface area contributed by atoms with E-state index in [1.807, 2.05) is 0 Å². The molecule has 0 unspecified atom stereocenters. The second-order valence-electron chi connectivity index (χ2n) is 0.998. The van der Waals surface area contributed by atoms with Gasteiger partial charge < -0.3 is 5.73 Å². The lowest BCUT2D eigenvalue weighted by Crippen LogP contribution is -2.13. The molecule has 0 heterocycles. The number of carbonyl (C=O) groups excluding carboxylic acids is 2. The minimum Gasteiger partial charge on any atom is -0.369 e. The average Bonchev–Trinajstić information content (AvgIpc) is 1.27. The number of amides is 1. The third-order valence-corrected chi connectivity index (χ3v) is 0.313. The summed E-state index contributed by atoms with van der Waals surface area (Å²) in [6.45, 7) is 0. The van der Waals surface area contributed by atoms with Crippen LogP contribution in [0.15, 0.2) is 0 Å². The summed E-state index contributed by atoms with van der Waals surface area (Å²) in [5.41, 5.74) is 4.39. The number of hydrogen-bond acceptors (Lipinski definition) is 2. The van der Waals surface area contributed by atoms with Gasteiger partial charge in [0.15, 0.2) is 0 Å². The summed E-state index contributed by atoms with van der Waals surface area (Å²) in [7, 11) is 0. The Hall–Kier alpha value is -0.930. The summed E-state index contributed by atoms with van der Waals surface area (Å²) in [5.74, 6) is -0.937. The van der Waals surface area contributed by atoms with Crippen molar-refractivity contribution >= 4 is 11.9 Å². The fraction of sp³-hybridized carbons (Fsp3) is 0.333. The zero-order valence-corrected chi connectivity index (χ0v) is 3.48. The van der Waals surface area contributed by atoms with Crippen LogP contribution >= 0.6 is 0 Å². The lowest BCUT2D eigenvalue weighted by molar-refractivity contribution is -0.133. The molecule has 0 aliphatic rings. The summed E-state index contributed by atoms with van der Waals surface area (Å²) in [6.07, 6.45) is -0.806. The molecule has 0 aromatic heterocycles. The molecule has 4 heteroatoms. The maximum Gasteiger partial charge on any atom is 0.310 e. The van der Waals surface area contributed by atoms with E-state index in [-0.39, 0.29) is 0 Å². The predicted octanol–water partition coefficient (Wildman–Crippen LogP) is -0.642. The van der Waals surface area contributed by atoms with Crippen LogP contribution in [0.2, 0.25) is 0 Å². The summed E-state index contributed by atoms with van der Waals surface area (Å²) < 4.78 is 11.0. The van der Waals surface area contributed by atoms with Crippen LogP contribution in [-0.4, -0.2) is 11.9 Å². The summed E-state index contributed by atoms with van der Waals surface area (Å²) in [6, 6.07) is -1.69. The number of rotatable bonds is 2. The summed E-state index contributed by atoms with van der Waals surface area (Å²) >= 11 is 0. The third-order valence-electron chi connectivity index (χ3n) is 0.313. The van der Waals surface area contributed by atoms with Gasteiger partial charge in [-0.3, -0.25) is 9.59 Å². The normalized spacial score (nSPS) is 8.14. The van der Waals surface area contributed by atoms with E-state index >= 15 is 0 Å². The van der Waals surface area contributed by atoms with Gasteiger partial charge >= 0.3 is 6.04 Å². The zero-order valence-electron chi connectivity index (χ0n) is 3.48. The quantitative estimate of drug-likeness (QED) is 0.375. The molecule has 0 bridgehead atoms. The van der Waals surface area contributed by atoms with Gasteiger partial charge in [0.1, 0.15) is 6.42 Å². The molecule has 3 nitrogen and oxygen atoms in total. The molecule has 0 radical (unpaired) electrons. The molecular weight excluding hydrogens is 101 g/mol. The van der Waals surface area contributed by atoms with E-state index in [1.165, 1.54) is 0 Å². The number of primary amides is 1. The minimum atomic E-state index is -1.69. The van der Waals surface area contributed by atoms with Gasteiger partial charge in [-0.2, -0.15) is 4.39 Å². The molecule has 7 heavy (non-hydrogen) atoms. The van der Waals surface area contributed by atoms with Crippen LogP contribution in [0.25, 0.3) is 0 Å². The Bertz CT molecular complexity index is 89.1. The van der Waals surface area contributed by atoms with Gasteiger partial charge in [-0.05, 0) is 0 Å². The number of nitrogens with two attached hydrogens (primary N) is 1. The van der Waals surface area contributed by atoms with Crippen molar-refractivity contribution in [3.05, 3.63) is 0 Å². The fourth-order valence-electron chi connectivity index (χ4n) is 0.137. The van der Waals surface area contributed by atoms with Crippen LogP contribution in [0.5, 0.6) is 0 Å². The van der Waals surface area contributed by atoms with Gasteiger partial charge in [-0.25, -0.2) is 0 Å². The lowest BCUT2D eigenvalue weighted by atomic mass is 10.4. The second kappa shape index (κ2) is 2.28. The Labute approximate surface area is 39.3 Å². The number of hydrogen-bond donors (Lipinski definition) is 1. The average molecular weight is 105 g/mol.